The molecule has 0 spiro atoms. The van der Waals surface area contributed by atoms with Crippen LogP contribution >= 0.6 is 0 Å². The van der Waals surface area contributed by atoms with E-state index in [1.165, 1.54) is 50.3 Å². The Morgan fingerprint density at radius 3 is 1.94 bits per heavy atom. The fourth-order valence-electron chi connectivity index (χ4n) is 3.26. The molecular formula is C30H43N3. The summed E-state index contributed by atoms with van der Waals surface area (Å²) in [7, 11) is 0. The molecule has 33 heavy (non-hydrogen) atoms. The Bertz CT molecular complexity index is 1010. The molecular weight excluding hydrogens is 402 g/mol. The van der Waals surface area contributed by atoms with Gasteiger partial charge in [-0.2, -0.15) is 0 Å². The number of benzene rings is 2. The average molecular weight is 446 g/mol. The normalized spacial score (nSPS) is 10.0. The van der Waals surface area contributed by atoms with Crippen LogP contribution in [0.3, 0.4) is 0 Å². The summed E-state index contributed by atoms with van der Waals surface area (Å²) in [4.78, 5) is 4.77. The summed E-state index contributed by atoms with van der Waals surface area (Å²) >= 11 is 0. The summed E-state index contributed by atoms with van der Waals surface area (Å²) in [5, 5.41) is 5.83. The van der Waals surface area contributed by atoms with Gasteiger partial charge in [0.15, 0.2) is 0 Å². The van der Waals surface area contributed by atoms with Gasteiger partial charge in [-0.15, -0.1) is 13.2 Å². The van der Waals surface area contributed by atoms with Crippen LogP contribution in [-0.4, -0.2) is 11.5 Å². The number of hydrogen-bond acceptors (Lipinski definition) is 3. The first-order valence-corrected chi connectivity index (χ1v) is 12.1. The van der Waals surface area contributed by atoms with Crippen LogP contribution in [0, 0.1) is 0 Å². The summed E-state index contributed by atoms with van der Waals surface area (Å²) in [5.74, 6) is 0. The van der Waals surface area contributed by atoms with Crippen LogP contribution in [-0.2, 0) is 0 Å². The quantitative estimate of drug-likeness (QED) is 0.108. The summed E-state index contributed by atoms with van der Waals surface area (Å²) in [5.41, 5.74) is 11.9. The maximum Gasteiger partial charge on any atom is 0.0730 e. The number of fused-ring (bicyclic) bond motifs is 2. The van der Waals surface area contributed by atoms with Gasteiger partial charge in [0.2, 0.25) is 0 Å². The number of unbranched alkanes of at least 4 members (excludes halogenated alkanes) is 6. The number of pyridine rings is 1. The van der Waals surface area contributed by atoms with E-state index < -0.39 is 0 Å². The molecule has 3 rings (SSSR count). The fourth-order valence-corrected chi connectivity index (χ4v) is 3.26. The van der Waals surface area contributed by atoms with Crippen molar-refractivity contribution < 1.29 is 0 Å². The van der Waals surface area contributed by atoms with Crippen molar-refractivity contribution in [1.29, 1.82) is 0 Å². The molecule has 1 heterocycles. The van der Waals surface area contributed by atoms with Crippen LogP contribution in [0.25, 0.3) is 21.8 Å². The molecule has 0 aliphatic carbocycles. The number of allylic oxidation sites excluding steroid dienone is 2. The maximum atomic E-state index is 5.88. The molecule has 0 saturated carbocycles. The lowest BCUT2D eigenvalue weighted by Crippen LogP contribution is -2.01. The molecule has 0 bridgehead atoms. The monoisotopic (exact) mass is 445 g/mol. The van der Waals surface area contributed by atoms with Crippen molar-refractivity contribution in [3.63, 3.8) is 0 Å². The molecule has 1 aromatic heterocycles. The number of aromatic nitrogens is 1. The molecule has 3 nitrogen and oxygen atoms in total. The van der Waals surface area contributed by atoms with E-state index >= 15 is 0 Å². The highest BCUT2D eigenvalue weighted by Crippen LogP contribution is 2.24. The highest BCUT2D eigenvalue weighted by Gasteiger charge is 2.02. The molecule has 178 valence electrons. The fraction of sp³-hybridized carbons (Fsp3) is 0.367. The lowest BCUT2D eigenvalue weighted by molar-refractivity contribution is 0.596. The highest BCUT2D eigenvalue weighted by molar-refractivity contribution is 5.94. The zero-order valence-corrected chi connectivity index (χ0v) is 21.1. The summed E-state index contributed by atoms with van der Waals surface area (Å²) in [6.45, 7) is 20.5. The predicted octanol–water partition coefficient (Wildman–Crippen LogP) is 9.07. The van der Waals surface area contributed by atoms with Crippen LogP contribution < -0.4 is 11.1 Å². The van der Waals surface area contributed by atoms with Gasteiger partial charge >= 0.3 is 0 Å². The molecule has 0 aliphatic rings. The minimum absolute atomic E-state index is 0.757. The van der Waals surface area contributed by atoms with E-state index in [0.717, 1.165) is 45.5 Å². The molecule has 0 amide bonds. The molecule has 0 saturated heterocycles. The molecule has 3 N–H and O–H groups in total. The molecule has 2 aromatic carbocycles. The summed E-state index contributed by atoms with van der Waals surface area (Å²) in [6, 6.07) is 14.5. The van der Waals surface area contributed by atoms with Gasteiger partial charge in [0, 0.05) is 28.7 Å². The van der Waals surface area contributed by atoms with E-state index in [1.54, 1.807) is 0 Å². The first-order chi connectivity index (χ1) is 15.9. The molecule has 0 unspecified atom stereocenters. The van der Waals surface area contributed by atoms with Gasteiger partial charge in [-0.3, -0.25) is 0 Å². The Morgan fingerprint density at radius 2 is 1.33 bits per heavy atom. The standard InChI is InChI=1S/C22H29N3.C6H10.C2H4/c1-2-3-4-5-6-7-8-13-24-20-12-10-18-14-17-9-11-19(23)15-21(17)25-22(18)16-20;1-5(2)6(3)4;1-2/h9-12,14-16,24H,2-8,13,23H2,1H3;1,3H2,2,4H3;1-2H2. The molecule has 0 aliphatic heterocycles. The zero-order chi connectivity index (χ0) is 24.6. The van der Waals surface area contributed by atoms with Crippen LogP contribution in [0.15, 0.2) is 79.9 Å². The van der Waals surface area contributed by atoms with Gasteiger partial charge in [0.25, 0.3) is 0 Å². The molecule has 3 heteroatoms. The average Bonchev–Trinajstić information content (AvgIpc) is 2.81. The highest BCUT2D eigenvalue weighted by atomic mass is 14.9. The van der Waals surface area contributed by atoms with E-state index in [9.17, 15) is 0 Å². The van der Waals surface area contributed by atoms with E-state index in [4.69, 9.17) is 10.7 Å². The Morgan fingerprint density at radius 1 is 0.788 bits per heavy atom. The topological polar surface area (TPSA) is 50.9 Å². The minimum atomic E-state index is 0.757. The third kappa shape index (κ3) is 10.4. The number of nitrogens with zero attached hydrogens (tertiary/aromatic N) is 1. The number of nitrogen functional groups attached to an aromatic ring is 1. The van der Waals surface area contributed by atoms with Gasteiger partial charge < -0.3 is 11.1 Å². The number of anilines is 2. The zero-order valence-electron chi connectivity index (χ0n) is 21.1. The van der Waals surface area contributed by atoms with Crippen molar-refractivity contribution >= 4 is 33.2 Å². The van der Waals surface area contributed by atoms with Crippen molar-refractivity contribution in [2.75, 3.05) is 17.6 Å². The first-order valence-electron chi connectivity index (χ1n) is 12.1. The van der Waals surface area contributed by atoms with E-state index in [1.807, 2.05) is 32.0 Å². The maximum absolute atomic E-state index is 5.88. The number of hydrogen-bond donors (Lipinski definition) is 2. The van der Waals surface area contributed by atoms with Crippen molar-refractivity contribution in [3.05, 3.63) is 79.9 Å². The first kappa shape index (κ1) is 28.0. The van der Waals surface area contributed by atoms with Gasteiger partial charge in [-0.1, -0.05) is 81.9 Å². The van der Waals surface area contributed by atoms with Crippen molar-refractivity contribution in [1.82, 2.24) is 4.98 Å². The largest absolute Gasteiger partial charge is 0.399 e. The second-order valence-electron chi connectivity index (χ2n) is 8.46. The van der Waals surface area contributed by atoms with Crippen LogP contribution in [0.4, 0.5) is 11.4 Å². The van der Waals surface area contributed by atoms with E-state index in [0.29, 0.717) is 0 Å². The smallest absolute Gasteiger partial charge is 0.0730 e. The van der Waals surface area contributed by atoms with Crippen molar-refractivity contribution in [2.45, 2.75) is 65.7 Å². The predicted molar refractivity (Wildman–Crippen MR) is 151 cm³/mol. The molecule has 0 atom stereocenters. The van der Waals surface area contributed by atoms with E-state index in [-0.39, 0.29) is 0 Å². The molecule has 3 aromatic rings. The summed E-state index contributed by atoms with van der Waals surface area (Å²) in [6.07, 6.45) is 9.36. The van der Waals surface area contributed by atoms with Gasteiger partial charge in [-0.25, -0.2) is 4.98 Å². The second-order valence-corrected chi connectivity index (χ2v) is 8.46. The van der Waals surface area contributed by atoms with Crippen LogP contribution in [0.1, 0.15) is 65.7 Å². The SMILES string of the molecule is C=C.C=C(C)C(=C)C.CCCCCCCCCNc1ccc2cc3ccc(N)cc3nc2c1. The lowest BCUT2D eigenvalue weighted by atomic mass is 10.1. The van der Waals surface area contributed by atoms with Gasteiger partial charge in [-0.05, 0) is 50.6 Å². The number of nitrogens with one attached hydrogen (secondary N) is 1. The Hall–Kier alpha value is -3.07. The Kier molecular flexibility index (Phi) is 13.3. The van der Waals surface area contributed by atoms with Crippen LogP contribution in [0.2, 0.25) is 0 Å². The lowest BCUT2D eigenvalue weighted by Gasteiger charge is -2.08. The summed E-state index contributed by atoms with van der Waals surface area (Å²) < 4.78 is 0. The molecule has 0 radical (unpaired) electrons. The van der Waals surface area contributed by atoms with Gasteiger partial charge in [0.05, 0.1) is 11.0 Å². The van der Waals surface area contributed by atoms with Crippen LogP contribution in [0.5, 0.6) is 0 Å². The third-order valence-electron chi connectivity index (χ3n) is 5.47. The number of rotatable bonds is 10. The Balaban J connectivity index is 0.000000593. The Labute approximate surface area is 201 Å². The molecule has 0 fully saturated rings. The van der Waals surface area contributed by atoms with E-state index in [2.05, 4.69) is 62.8 Å². The third-order valence-corrected chi connectivity index (χ3v) is 5.47. The van der Waals surface area contributed by atoms with Crippen molar-refractivity contribution in [3.8, 4) is 0 Å². The van der Waals surface area contributed by atoms with Crippen molar-refractivity contribution in [2.24, 2.45) is 0 Å². The second kappa shape index (κ2) is 15.7. The minimum Gasteiger partial charge on any atom is -0.399 e. The van der Waals surface area contributed by atoms with Gasteiger partial charge in [0.1, 0.15) is 0 Å². The number of nitrogens with two attached hydrogens (primary N) is 1.